The van der Waals surface area contributed by atoms with Crippen LogP contribution in [-0.4, -0.2) is 46.1 Å². The van der Waals surface area contributed by atoms with Gasteiger partial charge in [-0.1, -0.05) is 18.2 Å². The van der Waals surface area contributed by atoms with E-state index in [9.17, 15) is 19.5 Å². The van der Waals surface area contributed by atoms with Gasteiger partial charge in [-0.3, -0.25) is 4.79 Å². The highest BCUT2D eigenvalue weighted by molar-refractivity contribution is 5.88. The highest BCUT2D eigenvalue weighted by Crippen LogP contribution is 2.19. The molecule has 1 atom stereocenters. The number of fused-ring (bicyclic) bond motifs is 1. The fourth-order valence-corrected chi connectivity index (χ4v) is 2.55. The van der Waals surface area contributed by atoms with Crippen LogP contribution in [-0.2, 0) is 16.0 Å². The minimum atomic E-state index is -1.15. The number of urea groups is 1. The Bertz CT molecular complexity index is 807. The number of aromatic nitrogens is 1. The molecule has 1 heterocycles. The molecular weight excluding hydrogens is 336 g/mol. The molecule has 0 spiro atoms. The monoisotopic (exact) mass is 360 g/mol. The number of carbonyl (C=O) groups excluding carboxylic acids is 2. The van der Waals surface area contributed by atoms with E-state index in [2.05, 4.69) is 20.9 Å². The lowest BCUT2D eigenvalue weighted by atomic mass is 10.1. The number of hydrogen-bond donors (Lipinski definition) is 5. The Labute approximate surface area is 151 Å². The lowest BCUT2D eigenvalue weighted by molar-refractivity contribution is -0.139. The van der Waals surface area contributed by atoms with Crippen LogP contribution in [0.15, 0.2) is 30.5 Å². The molecule has 0 saturated carbocycles. The summed E-state index contributed by atoms with van der Waals surface area (Å²) in [5.74, 6) is -1.50. The van der Waals surface area contributed by atoms with Crippen LogP contribution in [0.4, 0.5) is 4.79 Å². The van der Waals surface area contributed by atoms with Crippen LogP contribution >= 0.6 is 0 Å². The summed E-state index contributed by atoms with van der Waals surface area (Å²) in [5.41, 5.74) is 1.28. The highest BCUT2D eigenvalue weighted by Gasteiger charge is 2.22. The number of carboxylic acids is 1. The van der Waals surface area contributed by atoms with Crippen molar-refractivity contribution in [1.29, 1.82) is 0 Å². The van der Waals surface area contributed by atoms with Gasteiger partial charge in [-0.15, -0.1) is 0 Å². The number of rotatable bonds is 6. The van der Waals surface area contributed by atoms with Crippen LogP contribution in [0.25, 0.3) is 10.9 Å². The molecule has 140 valence electrons. The van der Waals surface area contributed by atoms with Gasteiger partial charge < -0.3 is 26.0 Å². The normalized spacial score (nSPS) is 12.4. The fraction of sp³-hybridized carbons (Fsp3) is 0.389. The summed E-state index contributed by atoms with van der Waals surface area (Å²) in [5, 5.41) is 17.8. The maximum absolute atomic E-state index is 11.9. The smallest absolute Gasteiger partial charge is 0.326 e. The highest BCUT2D eigenvalue weighted by atomic mass is 16.4. The van der Waals surface area contributed by atoms with Crippen molar-refractivity contribution in [2.75, 3.05) is 6.54 Å². The zero-order valence-corrected chi connectivity index (χ0v) is 15.1. The van der Waals surface area contributed by atoms with Gasteiger partial charge in [0.1, 0.15) is 6.04 Å². The maximum atomic E-state index is 11.9. The zero-order valence-electron chi connectivity index (χ0n) is 15.1. The van der Waals surface area contributed by atoms with Crippen molar-refractivity contribution in [3.63, 3.8) is 0 Å². The first-order chi connectivity index (χ1) is 12.2. The van der Waals surface area contributed by atoms with Crippen molar-refractivity contribution in [2.24, 2.45) is 0 Å². The average molecular weight is 360 g/mol. The van der Waals surface area contributed by atoms with Crippen LogP contribution < -0.4 is 16.0 Å². The molecule has 0 aliphatic heterocycles. The van der Waals surface area contributed by atoms with E-state index in [1.54, 1.807) is 6.20 Å². The molecule has 0 saturated heterocycles. The number of aromatic amines is 1. The molecule has 1 aromatic carbocycles. The van der Waals surface area contributed by atoms with E-state index in [4.69, 9.17) is 0 Å². The molecule has 1 unspecified atom stereocenters. The Morgan fingerprint density at radius 3 is 2.54 bits per heavy atom. The second-order valence-electron chi connectivity index (χ2n) is 7.08. The van der Waals surface area contributed by atoms with Crippen molar-refractivity contribution in [3.8, 4) is 0 Å². The first-order valence-corrected chi connectivity index (χ1v) is 8.29. The van der Waals surface area contributed by atoms with Crippen LogP contribution in [0.2, 0.25) is 0 Å². The van der Waals surface area contributed by atoms with Gasteiger partial charge in [0, 0.05) is 29.1 Å². The van der Waals surface area contributed by atoms with E-state index >= 15 is 0 Å². The van der Waals surface area contributed by atoms with Crippen molar-refractivity contribution in [3.05, 3.63) is 36.0 Å². The van der Waals surface area contributed by atoms with Crippen LogP contribution in [0.3, 0.4) is 0 Å². The Hall–Kier alpha value is -3.03. The first-order valence-electron chi connectivity index (χ1n) is 8.29. The number of para-hydroxylation sites is 1. The van der Waals surface area contributed by atoms with Crippen molar-refractivity contribution in [2.45, 2.75) is 38.8 Å². The van der Waals surface area contributed by atoms with E-state index in [0.717, 1.165) is 16.5 Å². The summed E-state index contributed by atoms with van der Waals surface area (Å²) in [4.78, 5) is 38.2. The molecule has 8 heteroatoms. The lowest BCUT2D eigenvalue weighted by Gasteiger charge is -2.21. The Kier molecular flexibility index (Phi) is 5.86. The Morgan fingerprint density at radius 2 is 1.88 bits per heavy atom. The van der Waals surface area contributed by atoms with Crippen LogP contribution in [0.1, 0.15) is 26.3 Å². The molecule has 0 aliphatic rings. The molecule has 26 heavy (non-hydrogen) atoms. The number of aliphatic carboxylic acids is 1. The topological polar surface area (TPSA) is 123 Å². The van der Waals surface area contributed by atoms with Crippen molar-refractivity contribution in [1.82, 2.24) is 20.9 Å². The predicted octanol–water partition coefficient (Wildman–Crippen LogP) is 1.38. The van der Waals surface area contributed by atoms with Gasteiger partial charge in [-0.05, 0) is 32.4 Å². The second kappa shape index (κ2) is 7.90. The summed E-state index contributed by atoms with van der Waals surface area (Å²) >= 11 is 0. The third-order valence-corrected chi connectivity index (χ3v) is 3.63. The third kappa shape index (κ3) is 5.51. The summed E-state index contributed by atoms with van der Waals surface area (Å²) in [6, 6.07) is 5.70. The van der Waals surface area contributed by atoms with Crippen LogP contribution in [0, 0.1) is 0 Å². The van der Waals surface area contributed by atoms with E-state index < -0.39 is 23.6 Å². The average Bonchev–Trinajstić information content (AvgIpc) is 2.94. The van der Waals surface area contributed by atoms with Gasteiger partial charge in [0.05, 0.1) is 6.54 Å². The third-order valence-electron chi connectivity index (χ3n) is 3.63. The predicted molar refractivity (Wildman–Crippen MR) is 97.9 cm³/mol. The van der Waals surface area contributed by atoms with Gasteiger partial charge in [0.2, 0.25) is 5.91 Å². The van der Waals surface area contributed by atoms with Gasteiger partial charge in [0.15, 0.2) is 0 Å². The van der Waals surface area contributed by atoms with Gasteiger partial charge in [0.25, 0.3) is 0 Å². The van der Waals surface area contributed by atoms with Crippen molar-refractivity contribution >= 4 is 28.8 Å². The minimum absolute atomic E-state index is 0.126. The molecule has 5 N–H and O–H groups in total. The minimum Gasteiger partial charge on any atom is -0.480 e. The maximum Gasteiger partial charge on any atom is 0.326 e. The van der Waals surface area contributed by atoms with Crippen molar-refractivity contribution < 1.29 is 19.5 Å². The number of H-pyrrole nitrogens is 1. The Morgan fingerprint density at radius 1 is 1.19 bits per heavy atom. The summed E-state index contributed by atoms with van der Waals surface area (Å²) < 4.78 is 0. The summed E-state index contributed by atoms with van der Waals surface area (Å²) in [7, 11) is 0. The molecule has 2 aromatic rings. The molecule has 8 nitrogen and oxygen atoms in total. The van der Waals surface area contributed by atoms with Gasteiger partial charge >= 0.3 is 12.0 Å². The molecule has 3 amide bonds. The second-order valence-corrected chi connectivity index (χ2v) is 7.08. The number of amides is 3. The standard InChI is InChI=1S/C18H24N4O4/c1-18(2,3)22-15(23)10-20-17(26)21-14(16(24)25)8-11-9-19-13-7-5-4-6-12(11)13/h4-7,9,14,19H,8,10H2,1-3H3,(H,22,23)(H,24,25)(H2,20,21,26). The number of carboxylic acid groups (broad SMARTS) is 1. The Balaban J connectivity index is 1.94. The molecule has 2 rings (SSSR count). The lowest BCUT2D eigenvalue weighted by Crippen LogP contribution is -2.51. The zero-order chi connectivity index (χ0) is 19.3. The molecular formula is C18H24N4O4. The fourth-order valence-electron chi connectivity index (χ4n) is 2.55. The van der Waals surface area contributed by atoms with E-state index in [1.165, 1.54) is 0 Å². The molecule has 0 bridgehead atoms. The number of hydrogen-bond acceptors (Lipinski definition) is 3. The quantitative estimate of drug-likeness (QED) is 0.534. The van der Waals surface area contributed by atoms with Crippen LogP contribution in [0.5, 0.6) is 0 Å². The van der Waals surface area contributed by atoms with Gasteiger partial charge in [-0.2, -0.15) is 0 Å². The van der Waals surface area contributed by atoms with Gasteiger partial charge in [-0.25, -0.2) is 9.59 Å². The summed E-state index contributed by atoms with van der Waals surface area (Å²) in [6.07, 6.45) is 1.86. The van der Waals surface area contributed by atoms with E-state index in [0.29, 0.717) is 0 Å². The molecule has 0 fully saturated rings. The molecule has 1 aromatic heterocycles. The number of nitrogens with one attached hydrogen (secondary N) is 4. The number of benzene rings is 1. The van der Waals surface area contributed by atoms with E-state index in [-0.39, 0.29) is 18.9 Å². The first kappa shape index (κ1) is 19.3. The largest absolute Gasteiger partial charge is 0.480 e. The molecule has 0 radical (unpaired) electrons. The van der Waals surface area contributed by atoms with E-state index in [1.807, 2.05) is 45.0 Å². The SMILES string of the molecule is CC(C)(C)NC(=O)CNC(=O)NC(Cc1c[nH]c2ccccc12)C(=O)O. The summed E-state index contributed by atoms with van der Waals surface area (Å²) in [6.45, 7) is 5.24. The number of carbonyl (C=O) groups is 3. The molecule has 0 aliphatic carbocycles.